The summed E-state index contributed by atoms with van der Waals surface area (Å²) < 4.78 is 0.739. The van der Waals surface area contributed by atoms with Gasteiger partial charge in [0.15, 0.2) is 4.84 Å². The van der Waals surface area contributed by atoms with Crippen molar-refractivity contribution in [3.63, 3.8) is 0 Å². The summed E-state index contributed by atoms with van der Waals surface area (Å²) in [7, 11) is 0. The number of phenolic OH excluding ortho intramolecular Hbond substituents is 1. The summed E-state index contributed by atoms with van der Waals surface area (Å²) in [6, 6.07) is 9.68. The van der Waals surface area contributed by atoms with Crippen molar-refractivity contribution in [3.05, 3.63) is 63.8 Å². The quantitative estimate of drug-likeness (QED) is 0.219. The van der Waals surface area contributed by atoms with Crippen LogP contribution in [0.25, 0.3) is 5.57 Å². The second kappa shape index (κ2) is 8.86. The molecule has 3 amide bonds. The van der Waals surface area contributed by atoms with E-state index in [2.05, 4.69) is 31.9 Å². The normalized spacial score (nSPS) is 14.6. The lowest BCUT2D eigenvalue weighted by molar-refractivity contribution is -0.115. The lowest BCUT2D eigenvalue weighted by Crippen LogP contribution is -2.37. The fraction of sp³-hybridized carbons (Fsp3) is 0.105. The monoisotopic (exact) mass is 497 g/mol. The first kappa shape index (κ1) is 21.2. The summed E-state index contributed by atoms with van der Waals surface area (Å²) in [5, 5.41) is 17.7. The largest absolute Gasteiger partial charge is 0.506 e. The van der Waals surface area contributed by atoms with E-state index in [4.69, 9.17) is 23.2 Å². The van der Waals surface area contributed by atoms with Crippen LogP contribution >= 0.6 is 39.1 Å². The van der Waals surface area contributed by atoms with Crippen molar-refractivity contribution in [1.29, 1.82) is 0 Å². The van der Waals surface area contributed by atoms with Crippen molar-refractivity contribution in [2.24, 2.45) is 0 Å². The summed E-state index contributed by atoms with van der Waals surface area (Å²) in [5.74, 6) is -1.77. The van der Waals surface area contributed by atoms with Gasteiger partial charge in [-0.1, -0.05) is 45.2 Å². The third-order valence-electron chi connectivity index (χ3n) is 4.06. The maximum atomic E-state index is 12.2. The molecule has 0 aliphatic carbocycles. The molecule has 10 heteroatoms. The molecule has 0 bridgehead atoms. The summed E-state index contributed by atoms with van der Waals surface area (Å²) >= 11 is 14.3. The minimum atomic E-state index is -1.25. The van der Waals surface area contributed by atoms with E-state index >= 15 is 0 Å². The van der Waals surface area contributed by atoms with Crippen LogP contribution in [-0.2, 0) is 16.1 Å². The fourth-order valence-electron chi connectivity index (χ4n) is 2.69. The van der Waals surface area contributed by atoms with Gasteiger partial charge in [0.25, 0.3) is 17.7 Å². The molecule has 4 N–H and O–H groups in total. The number of rotatable bonds is 5. The third kappa shape index (κ3) is 4.90. The van der Waals surface area contributed by atoms with Gasteiger partial charge < -0.3 is 15.7 Å². The minimum Gasteiger partial charge on any atom is -0.506 e. The number of aromatic hydroxyl groups is 1. The zero-order valence-electron chi connectivity index (χ0n) is 14.6. The molecule has 1 heterocycles. The molecule has 7 nitrogen and oxygen atoms in total. The number of fused-ring (bicyclic) bond motifs is 1. The van der Waals surface area contributed by atoms with E-state index in [1.807, 2.05) is 0 Å². The number of halogens is 3. The van der Waals surface area contributed by atoms with E-state index < -0.39 is 22.6 Å². The standard InChI is InChI=1S/C19H14BrCl2N3O4/c20-10-2-3-11-12(6-10)13(18(28)25-17(11)27)8-23-7-9-1-4-14(15(26)5-9)24-19(29)16(21)22/h1-6,8,16,23,26H,7H2,(H,24,29)(H,25,27,28)/b13-8-. The molecule has 0 fully saturated rings. The lowest BCUT2D eigenvalue weighted by atomic mass is 9.95. The molecule has 150 valence electrons. The van der Waals surface area contributed by atoms with Crippen molar-refractivity contribution in [2.45, 2.75) is 11.4 Å². The number of hydrogen-bond acceptors (Lipinski definition) is 5. The Balaban J connectivity index is 1.75. The van der Waals surface area contributed by atoms with Crippen LogP contribution in [0, 0.1) is 0 Å². The number of nitrogens with one attached hydrogen (secondary N) is 3. The predicted molar refractivity (Wildman–Crippen MR) is 114 cm³/mol. The van der Waals surface area contributed by atoms with E-state index in [0.29, 0.717) is 22.3 Å². The van der Waals surface area contributed by atoms with Crippen LogP contribution < -0.4 is 16.0 Å². The molecule has 1 aliphatic rings. The summed E-state index contributed by atoms with van der Waals surface area (Å²) in [6.07, 6.45) is 1.51. The molecule has 2 aromatic rings. The van der Waals surface area contributed by atoms with Crippen molar-refractivity contribution in [2.75, 3.05) is 5.32 Å². The maximum absolute atomic E-state index is 12.2. The highest BCUT2D eigenvalue weighted by molar-refractivity contribution is 9.10. The average molecular weight is 499 g/mol. The molecule has 0 radical (unpaired) electrons. The zero-order valence-corrected chi connectivity index (χ0v) is 17.7. The van der Waals surface area contributed by atoms with Gasteiger partial charge in [-0.25, -0.2) is 0 Å². The van der Waals surface area contributed by atoms with Crippen molar-refractivity contribution < 1.29 is 19.5 Å². The number of carbonyl (C=O) groups is 3. The number of amides is 3. The Bertz CT molecular complexity index is 1040. The van der Waals surface area contributed by atoms with Crippen LogP contribution in [-0.4, -0.2) is 27.7 Å². The Kier molecular flexibility index (Phi) is 6.46. The van der Waals surface area contributed by atoms with Gasteiger partial charge in [0.2, 0.25) is 0 Å². The van der Waals surface area contributed by atoms with Crippen LogP contribution in [0.3, 0.4) is 0 Å². The van der Waals surface area contributed by atoms with Gasteiger partial charge in [-0.05, 0) is 35.9 Å². The third-order valence-corrected chi connectivity index (χ3v) is 4.95. The first-order valence-electron chi connectivity index (χ1n) is 8.26. The summed E-state index contributed by atoms with van der Waals surface area (Å²) in [6.45, 7) is 0.281. The second-order valence-corrected chi connectivity index (χ2v) is 8.07. The fourth-order valence-corrected chi connectivity index (χ4v) is 3.16. The predicted octanol–water partition coefficient (Wildman–Crippen LogP) is 3.30. The number of hydrogen-bond donors (Lipinski definition) is 4. The molecule has 29 heavy (non-hydrogen) atoms. The van der Waals surface area contributed by atoms with E-state index in [0.717, 1.165) is 4.47 Å². The SMILES string of the molecule is O=C1NC(=O)c2ccc(Br)cc2/C1=C/NCc1ccc(NC(=O)C(Cl)Cl)c(O)c1. The highest BCUT2D eigenvalue weighted by Gasteiger charge is 2.27. The van der Waals surface area contributed by atoms with Crippen LogP contribution in [0.4, 0.5) is 5.69 Å². The van der Waals surface area contributed by atoms with E-state index in [1.165, 1.54) is 18.3 Å². The van der Waals surface area contributed by atoms with Crippen LogP contribution in [0.15, 0.2) is 47.1 Å². The summed E-state index contributed by atoms with van der Waals surface area (Å²) in [5.41, 5.74) is 2.08. The highest BCUT2D eigenvalue weighted by atomic mass is 79.9. The Morgan fingerprint density at radius 1 is 1.14 bits per heavy atom. The van der Waals surface area contributed by atoms with E-state index in [-0.39, 0.29) is 18.0 Å². The molecule has 2 aromatic carbocycles. The van der Waals surface area contributed by atoms with Crippen molar-refractivity contribution in [1.82, 2.24) is 10.6 Å². The average Bonchev–Trinajstić information content (AvgIpc) is 2.66. The van der Waals surface area contributed by atoms with Gasteiger partial charge in [-0.15, -0.1) is 0 Å². The molecule has 0 atom stereocenters. The number of imide groups is 1. The van der Waals surface area contributed by atoms with Gasteiger partial charge in [0.05, 0.1) is 11.3 Å². The first-order chi connectivity index (χ1) is 13.8. The van der Waals surface area contributed by atoms with Crippen LogP contribution in [0.5, 0.6) is 5.75 Å². The van der Waals surface area contributed by atoms with Gasteiger partial charge >= 0.3 is 0 Å². The number of alkyl halides is 2. The molecule has 0 saturated carbocycles. The Labute approximate surface area is 184 Å². The molecule has 1 aliphatic heterocycles. The number of anilines is 1. The van der Waals surface area contributed by atoms with E-state index in [1.54, 1.807) is 24.3 Å². The minimum absolute atomic E-state index is 0.158. The smallest absolute Gasteiger partial charge is 0.260 e. The Morgan fingerprint density at radius 3 is 2.59 bits per heavy atom. The van der Waals surface area contributed by atoms with Crippen LogP contribution in [0.1, 0.15) is 21.5 Å². The molecular formula is C19H14BrCl2N3O4. The topological polar surface area (TPSA) is 108 Å². The number of phenols is 1. The second-order valence-electron chi connectivity index (χ2n) is 6.05. The van der Waals surface area contributed by atoms with Gasteiger partial charge in [0.1, 0.15) is 5.75 Å². The van der Waals surface area contributed by atoms with E-state index in [9.17, 15) is 19.5 Å². The molecular weight excluding hydrogens is 485 g/mol. The maximum Gasteiger partial charge on any atom is 0.260 e. The molecule has 0 unspecified atom stereocenters. The number of benzene rings is 2. The lowest BCUT2D eigenvalue weighted by Gasteiger charge is -2.18. The van der Waals surface area contributed by atoms with Crippen LogP contribution in [0.2, 0.25) is 0 Å². The van der Waals surface area contributed by atoms with Gasteiger partial charge in [-0.2, -0.15) is 0 Å². The first-order valence-corrected chi connectivity index (χ1v) is 9.93. The van der Waals surface area contributed by atoms with Crippen molar-refractivity contribution in [3.8, 4) is 5.75 Å². The molecule has 3 rings (SSSR count). The van der Waals surface area contributed by atoms with Crippen molar-refractivity contribution >= 4 is 68.1 Å². The Morgan fingerprint density at radius 2 is 1.90 bits per heavy atom. The molecule has 0 saturated heterocycles. The van der Waals surface area contributed by atoms with Gasteiger partial charge in [-0.3, -0.25) is 19.7 Å². The molecule has 0 aromatic heterocycles. The highest BCUT2D eigenvalue weighted by Crippen LogP contribution is 2.27. The summed E-state index contributed by atoms with van der Waals surface area (Å²) in [4.78, 5) is 34.4. The number of carbonyl (C=O) groups excluding carboxylic acids is 3. The Hall–Kier alpha value is -2.55. The zero-order chi connectivity index (χ0) is 21.1. The molecule has 0 spiro atoms. The van der Waals surface area contributed by atoms with Gasteiger partial charge in [0, 0.05) is 28.3 Å².